The molecule has 0 aromatic rings. The van der Waals surface area contributed by atoms with Crippen LogP contribution >= 0.6 is 21.6 Å². The third-order valence-corrected chi connectivity index (χ3v) is 4.47. The minimum absolute atomic E-state index is 0.00274. The average molecular weight is 258 g/mol. The molecular formula is C10H10O4S2. The summed E-state index contributed by atoms with van der Waals surface area (Å²) in [5.41, 5.74) is 0. The fourth-order valence-corrected chi connectivity index (χ4v) is 3.46. The Morgan fingerprint density at radius 3 is 1.69 bits per heavy atom. The van der Waals surface area contributed by atoms with Crippen molar-refractivity contribution in [1.29, 1.82) is 0 Å². The molecule has 2 aliphatic rings. The maximum absolute atomic E-state index is 11.2. The molecule has 4 nitrogen and oxygen atoms in total. The van der Waals surface area contributed by atoms with Crippen molar-refractivity contribution < 1.29 is 19.1 Å². The lowest BCUT2D eigenvalue weighted by Crippen LogP contribution is -2.20. The first-order valence-corrected chi connectivity index (χ1v) is 7.22. The predicted octanol–water partition coefficient (Wildman–Crippen LogP) is 1.33. The zero-order valence-electron chi connectivity index (χ0n) is 8.33. The molecule has 2 rings (SSSR count). The van der Waals surface area contributed by atoms with Gasteiger partial charge in [-0.1, -0.05) is 21.6 Å². The summed E-state index contributed by atoms with van der Waals surface area (Å²) in [5, 5.41) is 0. The van der Waals surface area contributed by atoms with Crippen molar-refractivity contribution in [3.63, 3.8) is 0 Å². The number of hydrogen-bond donors (Lipinski definition) is 0. The molecule has 0 saturated heterocycles. The lowest BCUT2D eigenvalue weighted by molar-refractivity contribution is -0.120. The van der Waals surface area contributed by atoms with Crippen molar-refractivity contribution in [3.05, 3.63) is 24.7 Å². The molecule has 0 bridgehead atoms. The predicted molar refractivity (Wildman–Crippen MR) is 63.0 cm³/mol. The van der Waals surface area contributed by atoms with Gasteiger partial charge in [-0.3, -0.25) is 9.59 Å². The normalized spacial score (nSPS) is 27.2. The van der Waals surface area contributed by atoms with E-state index in [2.05, 4.69) is 0 Å². The van der Waals surface area contributed by atoms with Crippen LogP contribution in [0.2, 0.25) is 0 Å². The smallest absolute Gasteiger partial charge is 0.200 e. The summed E-state index contributed by atoms with van der Waals surface area (Å²) >= 11 is 0. The van der Waals surface area contributed by atoms with Crippen LogP contribution in [0.5, 0.6) is 0 Å². The first-order valence-electron chi connectivity index (χ1n) is 4.73. The lowest BCUT2D eigenvalue weighted by Gasteiger charge is -2.10. The number of ketones is 2. The van der Waals surface area contributed by atoms with E-state index in [9.17, 15) is 9.59 Å². The van der Waals surface area contributed by atoms with Gasteiger partial charge < -0.3 is 9.47 Å². The second-order valence-electron chi connectivity index (χ2n) is 3.23. The van der Waals surface area contributed by atoms with Gasteiger partial charge in [0.25, 0.3) is 0 Å². The van der Waals surface area contributed by atoms with E-state index in [1.807, 2.05) is 0 Å². The molecule has 0 aromatic carbocycles. The van der Waals surface area contributed by atoms with E-state index in [0.717, 1.165) is 0 Å². The highest BCUT2D eigenvalue weighted by molar-refractivity contribution is 8.76. The molecule has 0 radical (unpaired) electrons. The van der Waals surface area contributed by atoms with Crippen LogP contribution in [0.25, 0.3) is 0 Å². The Balaban J connectivity index is 1.59. The van der Waals surface area contributed by atoms with Crippen molar-refractivity contribution in [2.24, 2.45) is 0 Å². The molecule has 2 aliphatic heterocycles. The Bertz CT molecular complexity index is 317. The Labute approximate surface area is 101 Å². The van der Waals surface area contributed by atoms with Gasteiger partial charge in [0, 0.05) is 23.7 Å². The minimum atomic E-state index is -0.365. The third kappa shape index (κ3) is 2.82. The largest absolute Gasteiger partial charge is 0.489 e. The van der Waals surface area contributed by atoms with Crippen LogP contribution in [0.1, 0.15) is 0 Å². The third-order valence-electron chi connectivity index (χ3n) is 2.11. The Kier molecular flexibility index (Phi) is 3.95. The Hall–Kier alpha value is -0.880. The fraction of sp³-hybridized carbons (Fsp3) is 0.400. The maximum atomic E-state index is 11.2. The summed E-state index contributed by atoms with van der Waals surface area (Å²) in [6.45, 7) is 0. The molecule has 86 valence electrons. The Morgan fingerprint density at radius 2 is 1.38 bits per heavy atom. The number of ether oxygens (including phenoxy) is 2. The van der Waals surface area contributed by atoms with E-state index >= 15 is 0 Å². The van der Waals surface area contributed by atoms with Gasteiger partial charge in [-0.05, 0) is 0 Å². The van der Waals surface area contributed by atoms with E-state index in [0.29, 0.717) is 11.5 Å². The second kappa shape index (κ2) is 5.45. The van der Waals surface area contributed by atoms with Gasteiger partial charge in [-0.2, -0.15) is 0 Å². The average Bonchev–Trinajstić information content (AvgIpc) is 2.84. The zero-order chi connectivity index (χ0) is 11.4. The SMILES string of the molecule is O=C1C=COC1CSSCC1OC=CC1=O. The maximum Gasteiger partial charge on any atom is 0.200 e. The van der Waals surface area contributed by atoms with Crippen LogP contribution in [0, 0.1) is 0 Å². The highest BCUT2D eigenvalue weighted by atomic mass is 33.1. The zero-order valence-corrected chi connectivity index (χ0v) is 9.96. The lowest BCUT2D eigenvalue weighted by atomic mass is 10.3. The van der Waals surface area contributed by atoms with Crippen molar-refractivity contribution in [2.45, 2.75) is 12.2 Å². The molecule has 2 unspecified atom stereocenters. The van der Waals surface area contributed by atoms with Crippen LogP contribution in [0.4, 0.5) is 0 Å². The molecule has 0 fully saturated rings. The molecule has 0 amide bonds. The number of rotatable bonds is 5. The molecule has 0 aliphatic carbocycles. The molecule has 2 atom stereocenters. The first-order chi connectivity index (χ1) is 7.77. The summed E-state index contributed by atoms with van der Waals surface area (Å²) < 4.78 is 10.2. The summed E-state index contributed by atoms with van der Waals surface area (Å²) in [6, 6.07) is 0. The molecule has 0 spiro atoms. The van der Waals surface area contributed by atoms with Gasteiger partial charge >= 0.3 is 0 Å². The number of carbonyl (C=O) groups excluding carboxylic acids is 2. The van der Waals surface area contributed by atoms with Gasteiger partial charge in [0.1, 0.15) is 0 Å². The Morgan fingerprint density at radius 1 is 0.938 bits per heavy atom. The molecular weight excluding hydrogens is 248 g/mol. The standard InChI is InChI=1S/C10H10O4S2/c11-7-1-3-13-9(7)5-15-16-6-10-8(12)2-4-14-10/h1-4,9-10H,5-6H2. The van der Waals surface area contributed by atoms with E-state index in [-0.39, 0.29) is 23.8 Å². The minimum Gasteiger partial charge on any atom is -0.489 e. The van der Waals surface area contributed by atoms with E-state index in [1.165, 1.54) is 46.3 Å². The molecule has 6 heteroatoms. The van der Waals surface area contributed by atoms with Crippen LogP contribution < -0.4 is 0 Å². The van der Waals surface area contributed by atoms with Gasteiger partial charge in [-0.15, -0.1) is 0 Å². The molecule has 16 heavy (non-hydrogen) atoms. The first kappa shape index (κ1) is 11.6. The molecule has 0 saturated carbocycles. The summed E-state index contributed by atoms with van der Waals surface area (Å²) in [7, 11) is 3.03. The van der Waals surface area contributed by atoms with Gasteiger partial charge in [-0.25, -0.2) is 0 Å². The second-order valence-corrected chi connectivity index (χ2v) is 5.78. The van der Waals surface area contributed by atoms with Gasteiger partial charge in [0.05, 0.1) is 12.5 Å². The van der Waals surface area contributed by atoms with Gasteiger partial charge in [0.15, 0.2) is 23.8 Å². The molecule has 2 heterocycles. The van der Waals surface area contributed by atoms with E-state index < -0.39 is 0 Å². The highest BCUT2D eigenvalue weighted by Crippen LogP contribution is 2.27. The van der Waals surface area contributed by atoms with E-state index in [4.69, 9.17) is 9.47 Å². The summed E-state index contributed by atoms with van der Waals surface area (Å²) in [5.74, 6) is 1.18. The van der Waals surface area contributed by atoms with Crippen LogP contribution in [0.3, 0.4) is 0 Å². The van der Waals surface area contributed by atoms with Crippen molar-refractivity contribution in [2.75, 3.05) is 11.5 Å². The van der Waals surface area contributed by atoms with Crippen LogP contribution in [0.15, 0.2) is 24.7 Å². The van der Waals surface area contributed by atoms with Crippen LogP contribution in [-0.4, -0.2) is 35.3 Å². The quantitative estimate of drug-likeness (QED) is 0.548. The molecule has 0 aromatic heterocycles. The van der Waals surface area contributed by atoms with Crippen molar-refractivity contribution in [1.82, 2.24) is 0 Å². The van der Waals surface area contributed by atoms with E-state index in [1.54, 1.807) is 0 Å². The fourth-order valence-electron chi connectivity index (χ4n) is 1.21. The summed E-state index contributed by atoms with van der Waals surface area (Å²) in [4.78, 5) is 22.3. The number of hydrogen-bond acceptors (Lipinski definition) is 6. The molecule has 0 N–H and O–H groups in total. The topological polar surface area (TPSA) is 52.6 Å². The monoisotopic (exact) mass is 258 g/mol. The van der Waals surface area contributed by atoms with Gasteiger partial charge in [0.2, 0.25) is 0 Å². The highest BCUT2D eigenvalue weighted by Gasteiger charge is 2.23. The summed E-state index contributed by atoms with van der Waals surface area (Å²) in [6.07, 6.45) is 4.98. The van der Waals surface area contributed by atoms with Crippen molar-refractivity contribution >= 4 is 33.2 Å². The van der Waals surface area contributed by atoms with Crippen molar-refractivity contribution in [3.8, 4) is 0 Å². The van der Waals surface area contributed by atoms with Crippen LogP contribution in [-0.2, 0) is 19.1 Å². The number of carbonyl (C=O) groups is 2.